The average molecular weight is 226 g/mol. The monoisotopic (exact) mass is 225 g/mol. The molecule has 0 radical (unpaired) electrons. The summed E-state index contributed by atoms with van der Waals surface area (Å²) in [5, 5.41) is 3.41. The van der Waals surface area contributed by atoms with Crippen LogP contribution in [0, 0.1) is 0 Å². The van der Waals surface area contributed by atoms with E-state index in [1.54, 1.807) is 12.1 Å². The molecule has 0 spiro atoms. The Bertz CT molecular complexity index is 338. The Hall–Kier alpha value is -1.02. The Labute approximate surface area is 95.6 Å². The maximum Gasteiger partial charge on any atom is 0.252 e. The summed E-state index contributed by atoms with van der Waals surface area (Å²) in [5.74, 6) is -0.0958. The molecule has 0 saturated carbocycles. The number of hydrogen-bond donors (Lipinski definition) is 1. The summed E-state index contributed by atoms with van der Waals surface area (Å²) in [6.07, 6.45) is 2.04. The number of nitrogens with one attached hydrogen (secondary N) is 1. The van der Waals surface area contributed by atoms with Crippen LogP contribution in [0.2, 0.25) is 5.02 Å². The van der Waals surface area contributed by atoms with Gasteiger partial charge in [-0.05, 0) is 25.5 Å². The van der Waals surface area contributed by atoms with E-state index >= 15 is 0 Å². The third-order valence-electron chi connectivity index (χ3n) is 2.22. The molecule has 1 atom stereocenters. The number of halogens is 1. The first kappa shape index (κ1) is 12.1. The van der Waals surface area contributed by atoms with E-state index in [1.165, 1.54) is 0 Å². The van der Waals surface area contributed by atoms with Crippen LogP contribution in [0.3, 0.4) is 0 Å². The molecule has 1 N–H and O–H groups in total. The maximum absolute atomic E-state index is 11.8. The van der Waals surface area contributed by atoms with E-state index in [4.69, 9.17) is 11.6 Å². The highest BCUT2D eigenvalue weighted by atomic mass is 35.5. The van der Waals surface area contributed by atoms with Crippen LogP contribution < -0.4 is 5.32 Å². The van der Waals surface area contributed by atoms with Crippen molar-refractivity contribution >= 4 is 17.5 Å². The van der Waals surface area contributed by atoms with Gasteiger partial charge in [-0.2, -0.15) is 0 Å². The largest absolute Gasteiger partial charge is 0.350 e. The summed E-state index contributed by atoms with van der Waals surface area (Å²) in [5.41, 5.74) is 0.544. The lowest BCUT2D eigenvalue weighted by Crippen LogP contribution is -2.32. The van der Waals surface area contributed by atoms with Gasteiger partial charge in [0.15, 0.2) is 0 Å². The van der Waals surface area contributed by atoms with Crippen LogP contribution in [0.1, 0.15) is 37.0 Å². The SMILES string of the molecule is CCCC(C)NC(=O)c1ccccc1Cl. The number of amides is 1. The summed E-state index contributed by atoms with van der Waals surface area (Å²) >= 11 is 5.92. The molecule has 0 aliphatic heterocycles. The molecule has 0 heterocycles. The molecule has 82 valence electrons. The second-order valence-electron chi connectivity index (χ2n) is 3.64. The summed E-state index contributed by atoms with van der Waals surface area (Å²) in [6.45, 7) is 4.09. The van der Waals surface area contributed by atoms with E-state index in [0.29, 0.717) is 10.6 Å². The van der Waals surface area contributed by atoms with E-state index in [-0.39, 0.29) is 11.9 Å². The topological polar surface area (TPSA) is 29.1 Å². The van der Waals surface area contributed by atoms with Crippen molar-refractivity contribution in [3.63, 3.8) is 0 Å². The second kappa shape index (κ2) is 5.76. The van der Waals surface area contributed by atoms with Crippen molar-refractivity contribution in [1.29, 1.82) is 0 Å². The van der Waals surface area contributed by atoms with Gasteiger partial charge in [0.2, 0.25) is 0 Å². The highest BCUT2D eigenvalue weighted by Gasteiger charge is 2.11. The molecule has 1 amide bonds. The van der Waals surface area contributed by atoms with E-state index < -0.39 is 0 Å². The minimum absolute atomic E-state index is 0.0958. The number of hydrogen-bond acceptors (Lipinski definition) is 1. The molecule has 2 nitrogen and oxygen atoms in total. The molecule has 0 fully saturated rings. The van der Waals surface area contributed by atoms with Gasteiger partial charge in [0, 0.05) is 6.04 Å². The Morgan fingerprint density at radius 3 is 2.73 bits per heavy atom. The van der Waals surface area contributed by atoms with Gasteiger partial charge in [0.1, 0.15) is 0 Å². The molecule has 1 aromatic rings. The summed E-state index contributed by atoms with van der Waals surface area (Å²) in [6, 6.07) is 7.27. The molecule has 0 aliphatic rings. The Balaban J connectivity index is 2.65. The first-order chi connectivity index (χ1) is 7.15. The van der Waals surface area contributed by atoms with Crippen molar-refractivity contribution in [2.75, 3.05) is 0 Å². The zero-order chi connectivity index (χ0) is 11.3. The van der Waals surface area contributed by atoms with Crippen LogP contribution in [-0.2, 0) is 0 Å². The van der Waals surface area contributed by atoms with Gasteiger partial charge >= 0.3 is 0 Å². The number of carbonyl (C=O) groups is 1. The predicted octanol–water partition coefficient (Wildman–Crippen LogP) is 3.26. The zero-order valence-electron chi connectivity index (χ0n) is 9.09. The van der Waals surface area contributed by atoms with Gasteiger partial charge in [-0.1, -0.05) is 37.1 Å². The van der Waals surface area contributed by atoms with E-state index in [2.05, 4.69) is 12.2 Å². The highest BCUT2D eigenvalue weighted by molar-refractivity contribution is 6.33. The first-order valence-corrected chi connectivity index (χ1v) is 5.58. The van der Waals surface area contributed by atoms with Crippen LogP contribution in [0.15, 0.2) is 24.3 Å². The van der Waals surface area contributed by atoms with Crippen LogP contribution >= 0.6 is 11.6 Å². The lowest BCUT2D eigenvalue weighted by Gasteiger charge is -2.13. The lowest BCUT2D eigenvalue weighted by atomic mass is 10.1. The van der Waals surface area contributed by atoms with Crippen molar-refractivity contribution in [1.82, 2.24) is 5.32 Å². The highest BCUT2D eigenvalue weighted by Crippen LogP contribution is 2.14. The Kier molecular flexibility index (Phi) is 4.63. The third-order valence-corrected chi connectivity index (χ3v) is 2.55. The van der Waals surface area contributed by atoms with Gasteiger partial charge in [-0.3, -0.25) is 4.79 Å². The molecule has 0 bridgehead atoms. The predicted molar refractivity (Wildman–Crippen MR) is 63.3 cm³/mol. The van der Waals surface area contributed by atoms with E-state index in [9.17, 15) is 4.79 Å². The standard InChI is InChI=1S/C12H16ClNO/c1-3-6-9(2)14-12(15)10-7-4-5-8-11(10)13/h4-5,7-9H,3,6H2,1-2H3,(H,14,15). The quantitative estimate of drug-likeness (QED) is 0.838. The summed E-state index contributed by atoms with van der Waals surface area (Å²) < 4.78 is 0. The molecule has 0 aromatic heterocycles. The molecule has 0 saturated heterocycles. The molecule has 1 unspecified atom stereocenters. The fourth-order valence-electron chi connectivity index (χ4n) is 1.45. The van der Waals surface area contributed by atoms with Crippen molar-refractivity contribution in [3.05, 3.63) is 34.9 Å². The second-order valence-corrected chi connectivity index (χ2v) is 4.05. The molecule has 3 heteroatoms. The maximum atomic E-state index is 11.8. The van der Waals surface area contributed by atoms with E-state index in [1.807, 2.05) is 19.1 Å². The van der Waals surface area contributed by atoms with Crippen LogP contribution in [0.25, 0.3) is 0 Å². The van der Waals surface area contributed by atoms with E-state index in [0.717, 1.165) is 12.8 Å². The third kappa shape index (κ3) is 3.56. The van der Waals surface area contributed by atoms with Gasteiger partial charge in [-0.15, -0.1) is 0 Å². The number of benzene rings is 1. The van der Waals surface area contributed by atoms with Crippen molar-refractivity contribution < 1.29 is 4.79 Å². The summed E-state index contributed by atoms with van der Waals surface area (Å²) in [7, 11) is 0. The Morgan fingerprint density at radius 2 is 2.13 bits per heavy atom. The first-order valence-electron chi connectivity index (χ1n) is 5.20. The number of rotatable bonds is 4. The number of carbonyl (C=O) groups excluding carboxylic acids is 1. The smallest absolute Gasteiger partial charge is 0.252 e. The molecular formula is C12H16ClNO. The zero-order valence-corrected chi connectivity index (χ0v) is 9.84. The van der Waals surface area contributed by atoms with Gasteiger partial charge in [-0.25, -0.2) is 0 Å². The van der Waals surface area contributed by atoms with Crippen molar-refractivity contribution in [2.45, 2.75) is 32.7 Å². The molecule has 1 rings (SSSR count). The normalized spacial score (nSPS) is 12.2. The molecule has 1 aromatic carbocycles. The van der Waals surface area contributed by atoms with Crippen molar-refractivity contribution in [2.24, 2.45) is 0 Å². The van der Waals surface area contributed by atoms with Crippen LogP contribution in [-0.4, -0.2) is 11.9 Å². The van der Waals surface area contributed by atoms with Crippen LogP contribution in [0.5, 0.6) is 0 Å². The fraction of sp³-hybridized carbons (Fsp3) is 0.417. The molecule has 15 heavy (non-hydrogen) atoms. The Morgan fingerprint density at radius 1 is 1.47 bits per heavy atom. The summed E-state index contributed by atoms with van der Waals surface area (Å²) in [4.78, 5) is 11.8. The van der Waals surface area contributed by atoms with Crippen LogP contribution in [0.4, 0.5) is 0 Å². The van der Waals surface area contributed by atoms with Gasteiger partial charge in [0.05, 0.1) is 10.6 Å². The fourth-order valence-corrected chi connectivity index (χ4v) is 1.67. The minimum atomic E-state index is -0.0958. The van der Waals surface area contributed by atoms with Crippen molar-refractivity contribution in [3.8, 4) is 0 Å². The molecular weight excluding hydrogens is 210 g/mol. The van der Waals surface area contributed by atoms with Gasteiger partial charge < -0.3 is 5.32 Å². The minimum Gasteiger partial charge on any atom is -0.350 e. The average Bonchev–Trinajstić information content (AvgIpc) is 2.18. The van der Waals surface area contributed by atoms with Gasteiger partial charge in [0.25, 0.3) is 5.91 Å². The molecule has 0 aliphatic carbocycles. The lowest BCUT2D eigenvalue weighted by molar-refractivity contribution is 0.0938.